The first-order valence-corrected chi connectivity index (χ1v) is 5.46. The second-order valence-corrected chi connectivity index (χ2v) is 3.87. The molecule has 0 saturated carbocycles. The molecule has 0 aliphatic rings. The van der Waals surface area contributed by atoms with Gasteiger partial charge in [-0.3, -0.25) is 14.4 Å². The second kappa shape index (κ2) is 8.03. The van der Waals surface area contributed by atoms with Crippen LogP contribution in [-0.4, -0.2) is 51.2 Å². The summed E-state index contributed by atoms with van der Waals surface area (Å²) in [6.45, 7) is 0. The number of carboxylic acids is 3. The second-order valence-electron chi connectivity index (χ2n) is 3.87. The van der Waals surface area contributed by atoms with Gasteiger partial charge in [0.2, 0.25) is 5.91 Å². The Bertz CT molecular complexity index is 369. The maximum atomic E-state index is 11.4. The van der Waals surface area contributed by atoms with E-state index in [4.69, 9.17) is 21.1 Å². The first-order chi connectivity index (χ1) is 8.73. The highest BCUT2D eigenvalue weighted by molar-refractivity contribution is 5.84. The van der Waals surface area contributed by atoms with Gasteiger partial charge in [-0.1, -0.05) is 0 Å². The number of nitrogens with two attached hydrogens (primary N) is 1. The summed E-state index contributed by atoms with van der Waals surface area (Å²) in [7, 11) is 0. The maximum Gasteiger partial charge on any atom is 0.326 e. The quantitative estimate of drug-likeness (QED) is 0.343. The zero-order chi connectivity index (χ0) is 15.0. The monoisotopic (exact) mass is 276 g/mol. The fourth-order valence-electron chi connectivity index (χ4n) is 1.20. The molecule has 19 heavy (non-hydrogen) atoms. The molecule has 0 fully saturated rings. The summed E-state index contributed by atoms with van der Waals surface area (Å²) in [5, 5.41) is 27.8. The number of hydrogen-bond acceptors (Lipinski definition) is 5. The van der Waals surface area contributed by atoms with E-state index >= 15 is 0 Å². The molecule has 2 unspecified atom stereocenters. The number of carbonyl (C=O) groups is 4. The van der Waals surface area contributed by atoms with Crippen LogP contribution in [0.25, 0.3) is 0 Å². The highest BCUT2D eigenvalue weighted by atomic mass is 16.4. The van der Waals surface area contributed by atoms with Crippen molar-refractivity contribution >= 4 is 23.8 Å². The Balaban J connectivity index is 4.20. The third-order valence-electron chi connectivity index (χ3n) is 2.28. The molecule has 108 valence electrons. The number of rotatable bonds is 9. The minimum Gasteiger partial charge on any atom is -0.481 e. The topological polar surface area (TPSA) is 167 Å². The van der Waals surface area contributed by atoms with Gasteiger partial charge in [-0.05, 0) is 12.8 Å². The number of amides is 1. The van der Waals surface area contributed by atoms with Gasteiger partial charge in [0.15, 0.2) is 0 Å². The van der Waals surface area contributed by atoms with Crippen molar-refractivity contribution in [3.63, 3.8) is 0 Å². The molecule has 0 heterocycles. The summed E-state index contributed by atoms with van der Waals surface area (Å²) in [6, 6.07) is -2.52. The molecule has 0 spiro atoms. The fourth-order valence-corrected chi connectivity index (χ4v) is 1.20. The van der Waals surface area contributed by atoms with E-state index in [1.54, 1.807) is 0 Å². The predicted octanol–water partition coefficient (Wildman–Crippen LogP) is -1.39. The number of aliphatic carboxylic acids is 3. The van der Waals surface area contributed by atoms with Gasteiger partial charge in [0.25, 0.3) is 0 Å². The van der Waals surface area contributed by atoms with E-state index in [1.807, 2.05) is 0 Å². The highest BCUT2D eigenvalue weighted by Crippen LogP contribution is 2.01. The molecule has 6 N–H and O–H groups in total. The third-order valence-corrected chi connectivity index (χ3v) is 2.28. The van der Waals surface area contributed by atoms with Crippen molar-refractivity contribution in [2.45, 2.75) is 37.8 Å². The number of carbonyl (C=O) groups excluding carboxylic acids is 1. The van der Waals surface area contributed by atoms with Crippen molar-refractivity contribution in [3.05, 3.63) is 0 Å². The van der Waals surface area contributed by atoms with Crippen LogP contribution in [0.5, 0.6) is 0 Å². The molecule has 0 rings (SSSR count). The van der Waals surface area contributed by atoms with Gasteiger partial charge in [-0.25, -0.2) is 4.79 Å². The minimum absolute atomic E-state index is 0.133. The first-order valence-electron chi connectivity index (χ1n) is 5.46. The van der Waals surface area contributed by atoms with Crippen molar-refractivity contribution in [1.29, 1.82) is 0 Å². The predicted molar refractivity (Wildman–Crippen MR) is 61.3 cm³/mol. The van der Waals surface area contributed by atoms with Crippen LogP contribution in [0.3, 0.4) is 0 Å². The zero-order valence-electron chi connectivity index (χ0n) is 10.0. The Kier molecular flexibility index (Phi) is 7.12. The molecule has 1 amide bonds. The molecule has 0 radical (unpaired) electrons. The third kappa shape index (κ3) is 7.71. The van der Waals surface area contributed by atoms with Gasteiger partial charge < -0.3 is 26.4 Å². The smallest absolute Gasteiger partial charge is 0.326 e. The van der Waals surface area contributed by atoms with E-state index < -0.39 is 42.3 Å². The van der Waals surface area contributed by atoms with E-state index in [2.05, 4.69) is 5.32 Å². The molecular weight excluding hydrogens is 260 g/mol. The average Bonchev–Trinajstić information content (AvgIpc) is 2.30. The molecule has 2 atom stereocenters. The van der Waals surface area contributed by atoms with Crippen LogP contribution >= 0.6 is 0 Å². The Morgan fingerprint density at radius 2 is 1.53 bits per heavy atom. The molecule has 9 nitrogen and oxygen atoms in total. The van der Waals surface area contributed by atoms with Crippen molar-refractivity contribution < 1.29 is 34.5 Å². The van der Waals surface area contributed by atoms with Gasteiger partial charge in [0.1, 0.15) is 12.1 Å². The van der Waals surface area contributed by atoms with E-state index in [1.165, 1.54) is 0 Å². The lowest BCUT2D eigenvalue weighted by atomic mass is 10.1. The Morgan fingerprint density at radius 1 is 0.947 bits per heavy atom. The average molecular weight is 276 g/mol. The van der Waals surface area contributed by atoms with Crippen LogP contribution in [0.1, 0.15) is 25.7 Å². The van der Waals surface area contributed by atoms with Crippen molar-refractivity contribution in [2.24, 2.45) is 5.73 Å². The zero-order valence-corrected chi connectivity index (χ0v) is 10.0. The van der Waals surface area contributed by atoms with Crippen LogP contribution in [0.15, 0.2) is 0 Å². The minimum atomic E-state index is -1.35. The molecule has 0 bridgehead atoms. The number of carboxylic acid groups (broad SMARTS) is 3. The molecule has 9 heteroatoms. The summed E-state index contributed by atoms with van der Waals surface area (Å²) in [5.74, 6) is -4.46. The molecule has 0 aromatic heterocycles. The summed E-state index contributed by atoms with van der Waals surface area (Å²) >= 11 is 0. The standard InChI is InChI=1S/C10H16N2O7/c11-5(9(16)17)1-3-7(13)12-6(10(18)19)2-4-8(14)15/h5-6H,1-4,11H2,(H,12,13)(H,14,15)(H,16,17)(H,18,19). The van der Waals surface area contributed by atoms with Crippen molar-refractivity contribution in [2.75, 3.05) is 0 Å². The summed E-state index contributed by atoms with van der Waals surface area (Å²) in [5.41, 5.74) is 5.18. The van der Waals surface area contributed by atoms with Gasteiger partial charge in [0.05, 0.1) is 0 Å². The van der Waals surface area contributed by atoms with E-state index in [0.717, 1.165) is 0 Å². The maximum absolute atomic E-state index is 11.4. The van der Waals surface area contributed by atoms with Gasteiger partial charge in [-0.15, -0.1) is 0 Å². The molecular formula is C10H16N2O7. The molecule has 0 aromatic rings. The van der Waals surface area contributed by atoms with Crippen LogP contribution in [0.2, 0.25) is 0 Å². The van der Waals surface area contributed by atoms with Crippen molar-refractivity contribution in [3.8, 4) is 0 Å². The van der Waals surface area contributed by atoms with Crippen LogP contribution in [-0.2, 0) is 19.2 Å². The van der Waals surface area contributed by atoms with Crippen LogP contribution in [0, 0.1) is 0 Å². The van der Waals surface area contributed by atoms with E-state index in [9.17, 15) is 19.2 Å². The Hall–Kier alpha value is -2.16. The fraction of sp³-hybridized carbons (Fsp3) is 0.600. The summed E-state index contributed by atoms with van der Waals surface area (Å²) in [4.78, 5) is 42.8. The molecule has 0 aliphatic carbocycles. The molecule has 0 aromatic carbocycles. The summed E-state index contributed by atoms with van der Waals surface area (Å²) in [6.07, 6.45) is -1.02. The largest absolute Gasteiger partial charge is 0.481 e. The van der Waals surface area contributed by atoms with Gasteiger partial charge in [-0.2, -0.15) is 0 Å². The normalized spacial score (nSPS) is 13.3. The van der Waals surface area contributed by atoms with Crippen molar-refractivity contribution in [1.82, 2.24) is 5.32 Å². The number of nitrogens with one attached hydrogen (secondary N) is 1. The Labute approximate surface area is 108 Å². The van der Waals surface area contributed by atoms with E-state index in [0.29, 0.717) is 0 Å². The first kappa shape index (κ1) is 16.8. The van der Waals surface area contributed by atoms with Gasteiger partial charge >= 0.3 is 17.9 Å². The Morgan fingerprint density at radius 3 is 1.95 bits per heavy atom. The summed E-state index contributed by atoms with van der Waals surface area (Å²) < 4.78 is 0. The molecule has 0 aliphatic heterocycles. The lowest BCUT2D eigenvalue weighted by Crippen LogP contribution is -2.42. The highest BCUT2D eigenvalue weighted by Gasteiger charge is 2.21. The SMILES string of the molecule is NC(CCC(=O)NC(CCC(=O)O)C(=O)O)C(=O)O. The van der Waals surface area contributed by atoms with Gasteiger partial charge in [0, 0.05) is 12.8 Å². The lowest BCUT2D eigenvalue weighted by Gasteiger charge is -2.14. The van der Waals surface area contributed by atoms with E-state index in [-0.39, 0.29) is 19.3 Å². The van der Waals surface area contributed by atoms with Crippen LogP contribution < -0.4 is 11.1 Å². The molecule has 0 saturated heterocycles. The van der Waals surface area contributed by atoms with Crippen LogP contribution in [0.4, 0.5) is 0 Å². The number of hydrogen-bond donors (Lipinski definition) is 5. The lowest BCUT2D eigenvalue weighted by molar-refractivity contribution is -0.143.